The summed E-state index contributed by atoms with van der Waals surface area (Å²) in [7, 11) is 0. The van der Waals surface area contributed by atoms with Crippen LogP contribution in [-0.4, -0.2) is 26.7 Å². The lowest BCUT2D eigenvalue weighted by molar-refractivity contribution is 0.0944. The highest BCUT2D eigenvalue weighted by Crippen LogP contribution is 2.29. The summed E-state index contributed by atoms with van der Waals surface area (Å²) in [6.45, 7) is 0. The standard InChI is InChI=1S/C18H16N4O2/c19-12-8-13(9-12)23-18-6-5-17-20-10-14(22(17)21-18)16-7-11-3-1-2-4-15(11)24-16/h1-7,10,12-13H,8-9,19H2/t12-,13+. The molecule has 2 N–H and O–H groups in total. The summed E-state index contributed by atoms with van der Waals surface area (Å²) in [5.74, 6) is 1.31. The zero-order valence-electron chi connectivity index (χ0n) is 12.9. The molecule has 24 heavy (non-hydrogen) atoms. The fraction of sp³-hybridized carbons (Fsp3) is 0.222. The largest absolute Gasteiger partial charge is 0.473 e. The highest BCUT2D eigenvalue weighted by atomic mass is 16.5. The Balaban J connectivity index is 1.55. The van der Waals surface area contributed by atoms with Gasteiger partial charge in [0.25, 0.3) is 0 Å². The Hall–Kier alpha value is -2.86. The van der Waals surface area contributed by atoms with E-state index in [4.69, 9.17) is 14.9 Å². The van der Waals surface area contributed by atoms with Crippen LogP contribution in [0.1, 0.15) is 12.8 Å². The topological polar surface area (TPSA) is 78.6 Å². The highest BCUT2D eigenvalue weighted by molar-refractivity contribution is 5.82. The van der Waals surface area contributed by atoms with Crippen LogP contribution < -0.4 is 10.5 Å². The van der Waals surface area contributed by atoms with Crippen LogP contribution in [-0.2, 0) is 0 Å². The zero-order chi connectivity index (χ0) is 16.1. The molecule has 0 spiro atoms. The minimum absolute atomic E-state index is 0.156. The van der Waals surface area contributed by atoms with E-state index in [2.05, 4.69) is 10.1 Å². The molecule has 1 saturated carbocycles. The summed E-state index contributed by atoms with van der Waals surface area (Å²) in [4.78, 5) is 4.40. The third-order valence-electron chi connectivity index (χ3n) is 4.43. The number of rotatable bonds is 3. The van der Waals surface area contributed by atoms with Gasteiger partial charge in [-0.3, -0.25) is 0 Å². The minimum atomic E-state index is 0.156. The Kier molecular flexibility index (Phi) is 2.87. The van der Waals surface area contributed by atoms with Crippen molar-refractivity contribution in [3.63, 3.8) is 0 Å². The predicted molar refractivity (Wildman–Crippen MR) is 89.8 cm³/mol. The highest BCUT2D eigenvalue weighted by Gasteiger charge is 2.28. The molecule has 0 radical (unpaired) electrons. The molecule has 1 aliphatic rings. The van der Waals surface area contributed by atoms with Gasteiger partial charge in [-0.05, 0) is 31.0 Å². The first-order valence-corrected chi connectivity index (χ1v) is 8.02. The van der Waals surface area contributed by atoms with Crippen molar-refractivity contribution < 1.29 is 9.15 Å². The van der Waals surface area contributed by atoms with Crippen molar-refractivity contribution in [1.29, 1.82) is 0 Å². The van der Waals surface area contributed by atoms with E-state index in [1.807, 2.05) is 42.5 Å². The SMILES string of the molecule is N[C@H]1C[C@@H](Oc2ccc3ncc(-c4cc5ccccc5o4)n3n2)C1. The number of hydrogen-bond donors (Lipinski definition) is 1. The molecule has 3 aromatic heterocycles. The molecule has 0 aliphatic heterocycles. The maximum absolute atomic E-state index is 5.93. The lowest BCUT2D eigenvalue weighted by Gasteiger charge is -2.31. The van der Waals surface area contributed by atoms with Gasteiger partial charge in [0, 0.05) is 17.5 Å². The fourth-order valence-corrected chi connectivity index (χ4v) is 3.07. The van der Waals surface area contributed by atoms with Crippen LogP contribution in [0.15, 0.2) is 53.1 Å². The van der Waals surface area contributed by atoms with Crippen LogP contribution in [0.3, 0.4) is 0 Å². The van der Waals surface area contributed by atoms with E-state index < -0.39 is 0 Å². The molecule has 1 aromatic carbocycles. The van der Waals surface area contributed by atoms with Crippen LogP contribution in [0, 0.1) is 0 Å². The molecule has 5 rings (SSSR count). The summed E-state index contributed by atoms with van der Waals surface area (Å²) in [6, 6.07) is 13.9. The monoisotopic (exact) mass is 320 g/mol. The van der Waals surface area contributed by atoms with Crippen molar-refractivity contribution >= 4 is 16.6 Å². The second kappa shape index (κ2) is 5.07. The maximum Gasteiger partial charge on any atom is 0.232 e. The molecular formula is C18H16N4O2. The second-order valence-electron chi connectivity index (χ2n) is 6.20. The van der Waals surface area contributed by atoms with Gasteiger partial charge in [0.2, 0.25) is 5.88 Å². The molecule has 0 unspecified atom stereocenters. The van der Waals surface area contributed by atoms with Gasteiger partial charge in [0.1, 0.15) is 17.4 Å². The number of para-hydroxylation sites is 1. The van der Waals surface area contributed by atoms with Crippen LogP contribution in [0.25, 0.3) is 28.1 Å². The van der Waals surface area contributed by atoms with E-state index in [9.17, 15) is 0 Å². The summed E-state index contributed by atoms with van der Waals surface area (Å²) in [5.41, 5.74) is 8.21. The lowest BCUT2D eigenvalue weighted by Crippen LogP contribution is -2.43. The van der Waals surface area contributed by atoms with Crippen LogP contribution in [0.4, 0.5) is 0 Å². The normalized spacial score (nSPS) is 20.4. The Morgan fingerprint density at radius 3 is 2.88 bits per heavy atom. The molecule has 3 heterocycles. The smallest absolute Gasteiger partial charge is 0.232 e. The van der Waals surface area contributed by atoms with Crippen molar-refractivity contribution in [2.45, 2.75) is 25.0 Å². The second-order valence-corrected chi connectivity index (χ2v) is 6.20. The van der Waals surface area contributed by atoms with Crippen molar-refractivity contribution in [2.24, 2.45) is 5.73 Å². The molecule has 0 saturated heterocycles. The first-order valence-electron chi connectivity index (χ1n) is 8.02. The molecule has 0 amide bonds. The van der Waals surface area contributed by atoms with Crippen molar-refractivity contribution in [3.8, 4) is 17.3 Å². The lowest BCUT2D eigenvalue weighted by atomic mass is 9.90. The van der Waals surface area contributed by atoms with Gasteiger partial charge in [-0.15, -0.1) is 5.10 Å². The van der Waals surface area contributed by atoms with Gasteiger partial charge in [0.05, 0.1) is 6.20 Å². The number of furan rings is 1. The molecule has 6 nitrogen and oxygen atoms in total. The molecule has 6 heteroatoms. The number of aromatic nitrogens is 3. The van der Waals surface area contributed by atoms with E-state index in [0.29, 0.717) is 5.88 Å². The number of benzene rings is 1. The third-order valence-corrected chi connectivity index (χ3v) is 4.43. The summed E-state index contributed by atoms with van der Waals surface area (Å²) >= 11 is 0. The molecule has 1 fully saturated rings. The number of hydrogen-bond acceptors (Lipinski definition) is 5. The van der Waals surface area contributed by atoms with E-state index >= 15 is 0 Å². The predicted octanol–water partition coefficient (Wildman–Crippen LogP) is 3.01. The van der Waals surface area contributed by atoms with E-state index in [-0.39, 0.29) is 12.1 Å². The van der Waals surface area contributed by atoms with E-state index in [0.717, 1.165) is 40.9 Å². The van der Waals surface area contributed by atoms with Gasteiger partial charge in [0.15, 0.2) is 11.4 Å². The van der Waals surface area contributed by atoms with E-state index in [1.165, 1.54) is 0 Å². The summed E-state index contributed by atoms with van der Waals surface area (Å²) in [6.07, 6.45) is 3.67. The first kappa shape index (κ1) is 13.6. The number of nitrogens with two attached hydrogens (primary N) is 1. The Bertz CT molecular complexity index is 997. The van der Waals surface area contributed by atoms with E-state index in [1.54, 1.807) is 10.7 Å². The zero-order valence-corrected chi connectivity index (χ0v) is 12.9. The molecule has 1 aliphatic carbocycles. The quantitative estimate of drug-likeness (QED) is 0.628. The average molecular weight is 320 g/mol. The fourth-order valence-electron chi connectivity index (χ4n) is 3.07. The van der Waals surface area contributed by atoms with Crippen LogP contribution in [0.2, 0.25) is 0 Å². The Morgan fingerprint density at radius 1 is 1.17 bits per heavy atom. The minimum Gasteiger partial charge on any atom is -0.473 e. The first-order chi connectivity index (χ1) is 11.8. The van der Waals surface area contributed by atoms with Gasteiger partial charge in [-0.25, -0.2) is 9.50 Å². The van der Waals surface area contributed by atoms with Gasteiger partial charge in [-0.2, -0.15) is 0 Å². The molecular weight excluding hydrogens is 304 g/mol. The molecule has 120 valence electrons. The van der Waals surface area contributed by atoms with Crippen LogP contribution >= 0.6 is 0 Å². The molecule has 0 atom stereocenters. The maximum atomic E-state index is 5.93. The third kappa shape index (κ3) is 2.15. The number of imidazole rings is 1. The molecule has 4 aromatic rings. The Labute approximate surface area is 137 Å². The number of fused-ring (bicyclic) bond motifs is 2. The van der Waals surface area contributed by atoms with Crippen molar-refractivity contribution in [3.05, 3.63) is 48.7 Å². The van der Waals surface area contributed by atoms with Crippen molar-refractivity contribution in [1.82, 2.24) is 14.6 Å². The number of nitrogens with zero attached hydrogens (tertiary/aromatic N) is 3. The van der Waals surface area contributed by atoms with Crippen LogP contribution in [0.5, 0.6) is 5.88 Å². The van der Waals surface area contributed by atoms with Gasteiger partial charge < -0.3 is 14.9 Å². The Morgan fingerprint density at radius 2 is 2.04 bits per heavy atom. The van der Waals surface area contributed by atoms with Gasteiger partial charge in [-0.1, -0.05) is 18.2 Å². The van der Waals surface area contributed by atoms with Gasteiger partial charge >= 0.3 is 0 Å². The molecule has 0 bridgehead atoms. The summed E-state index contributed by atoms with van der Waals surface area (Å²) in [5, 5.41) is 5.61. The average Bonchev–Trinajstić information content (AvgIpc) is 3.16. The van der Waals surface area contributed by atoms with Crippen molar-refractivity contribution in [2.75, 3.05) is 0 Å². The summed E-state index contributed by atoms with van der Waals surface area (Å²) < 4.78 is 13.6. The number of ether oxygens (including phenoxy) is 1.